The predicted molar refractivity (Wildman–Crippen MR) is 81.7 cm³/mol. The molecule has 118 valence electrons. The second-order valence-corrected chi connectivity index (χ2v) is 5.63. The molecule has 1 unspecified atom stereocenters. The number of carboxylic acid groups (broad SMARTS) is 1. The van der Waals surface area contributed by atoms with Crippen molar-refractivity contribution in [1.82, 2.24) is 14.9 Å². The van der Waals surface area contributed by atoms with Gasteiger partial charge in [0.2, 0.25) is 0 Å². The Labute approximate surface area is 131 Å². The molecule has 0 aliphatic heterocycles. The van der Waals surface area contributed by atoms with Crippen molar-refractivity contribution in [2.45, 2.75) is 19.9 Å². The molecular formula is C14H17N3O4S. The smallest absolute Gasteiger partial charge is 0.328 e. The van der Waals surface area contributed by atoms with Crippen molar-refractivity contribution in [3.8, 4) is 5.13 Å². The lowest BCUT2D eigenvalue weighted by Crippen LogP contribution is -2.43. The summed E-state index contributed by atoms with van der Waals surface area (Å²) in [6.07, 6.45) is 1.69. The summed E-state index contributed by atoms with van der Waals surface area (Å²) in [5, 5.41) is 14.2. The zero-order valence-electron chi connectivity index (χ0n) is 12.5. The monoisotopic (exact) mass is 323 g/mol. The second kappa shape index (κ2) is 6.71. The number of hydrogen-bond donors (Lipinski definition) is 2. The molecule has 8 heteroatoms. The number of ether oxygens (including phenoxy) is 1. The molecule has 0 spiro atoms. The van der Waals surface area contributed by atoms with E-state index in [1.165, 1.54) is 18.4 Å². The maximum absolute atomic E-state index is 12.3. The van der Waals surface area contributed by atoms with E-state index in [-0.39, 0.29) is 6.61 Å². The largest absolute Gasteiger partial charge is 0.480 e. The van der Waals surface area contributed by atoms with Crippen molar-refractivity contribution in [2.24, 2.45) is 0 Å². The van der Waals surface area contributed by atoms with E-state index in [2.05, 4.69) is 10.3 Å². The van der Waals surface area contributed by atoms with E-state index in [1.54, 1.807) is 19.2 Å². The van der Waals surface area contributed by atoms with Crippen molar-refractivity contribution >= 4 is 23.2 Å². The number of hydrogen-bond acceptors (Lipinski definition) is 5. The van der Waals surface area contributed by atoms with Crippen LogP contribution >= 0.6 is 11.3 Å². The number of aryl methyl sites for hydroxylation is 1. The summed E-state index contributed by atoms with van der Waals surface area (Å²) in [4.78, 5) is 27.7. The molecule has 0 radical (unpaired) electrons. The van der Waals surface area contributed by atoms with Gasteiger partial charge in [-0.1, -0.05) is 0 Å². The van der Waals surface area contributed by atoms with Gasteiger partial charge in [0, 0.05) is 30.1 Å². The minimum absolute atomic E-state index is 0.0910. The number of carbonyl (C=O) groups excluding carboxylic acids is 1. The van der Waals surface area contributed by atoms with Crippen LogP contribution in [-0.4, -0.2) is 46.3 Å². The van der Waals surface area contributed by atoms with Gasteiger partial charge in [-0.05, 0) is 19.9 Å². The van der Waals surface area contributed by atoms with Gasteiger partial charge in [-0.3, -0.25) is 9.36 Å². The zero-order chi connectivity index (χ0) is 16.3. The molecular weight excluding hydrogens is 306 g/mol. The van der Waals surface area contributed by atoms with E-state index in [0.717, 1.165) is 10.8 Å². The molecule has 2 aromatic heterocycles. The quantitative estimate of drug-likeness (QED) is 0.837. The van der Waals surface area contributed by atoms with Gasteiger partial charge in [0.25, 0.3) is 5.91 Å². The van der Waals surface area contributed by atoms with Crippen LogP contribution in [0.2, 0.25) is 0 Å². The van der Waals surface area contributed by atoms with Gasteiger partial charge in [-0.15, -0.1) is 11.3 Å². The lowest BCUT2D eigenvalue weighted by atomic mass is 10.2. The highest BCUT2D eigenvalue weighted by Gasteiger charge is 2.23. The standard InChI is InChI=1S/C14H17N3O4S/c1-8-6-10(9(2)17(8)14-15-4-5-22-14)12(18)16-11(7-21-3)13(19)20/h4-6,11H,7H2,1-3H3,(H,16,18)(H,19,20). The van der Waals surface area contributed by atoms with Crippen molar-refractivity contribution in [2.75, 3.05) is 13.7 Å². The maximum Gasteiger partial charge on any atom is 0.328 e. The van der Waals surface area contributed by atoms with Crippen LogP contribution in [0.1, 0.15) is 21.7 Å². The van der Waals surface area contributed by atoms with E-state index in [1.807, 2.05) is 16.9 Å². The highest BCUT2D eigenvalue weighted by atomic mass is 32.1. The summed E-state index contributed by atoms with van der Waals surface area (Å²) in [6.45, 7) is 3.58. The second-order valence-electron chi connectivity index (χ2n) is 4.75. The van der Waals surface area contributed by atoms with Crippen LogP contribution in [0.15, 0.2) is 17.6 Å². The Bertz CT molecular complexity index is 679. The Morgan fingerprint density at radius 3 is 2.77 bits per heavy atom. The number of nitrogens with one attached hydrogen (secondary N) is 1. The van der Waals surface area contributed by atoms with Crippen LogP contribution in [0, 0.1) is 13.8 Å². The SMILES string of the molecule is COCC(NC(=O)c1cc(C)n(-c2nccs2)c1C)C(=O)O. The van der Waals surface area contributed by atoms with E-state index in [4.69, 9.17) is 9.84 Å². The van der Waals surface area contributed by atoms with Crippen LogP contribution in [0.25, 0.3) is 5.13 Å². The molecule has 2 aromatic rings. The van der Waals surface area contributed by atoms with Gasteiger partial charge in [-0.2, -0.15) is 0 Å². The third-order valence-electron chi connectivity index (χ3n) is 3.22. The molecule has 22 heavy (non-hydrogen) atoms. The average molecular weight is 323 g/mol. The van der Waals surface area contributed by atoms with Crippen molar-refractivity contribution in [3.63, 3.8) is 0 Å². The molecule has 0 aromatic carbocycles. The Hall–Kier alpha value is -2.19. The average Bonchev–Trinajstić information content (AvgIpc) is 3.06. The number of methoxy groups -OCH3 is 1. The number of carboxylic acids is 1. The van der Waals surface area contributed by atoms with E-state index in [0.29, 0.717) is 11.3 Å². The van der Waals surface area contributed by atoms with E-state index in [9.17, 15) is 9.59 Å². The first-order chi connectivity index (χ1) is 10.5. The van der Waals surface area contributed by atoms with Gasteiger partial charge < -0.3 is 15.2 Å². The van der Waals surface area contributed by atoms with Crippen LogP contribution < -0.4 is 5.32 Å². The number of aliphatic carboxylic acids is 1. The minimum Gasteiger partial charge on any atom is -0.480 e. The Balaban J connectivity index is 2.28. The number of nitrogens with zero attached hydrogens (tertiary/aromatic N) is 2. The Morgan fingerprint density at radius 2 is 2.23 bits per heavy atom. The summed E-state index contributed by atoms with van der Waals surface area (Å²) in [7, 11) is 1.39. The van der Waals surface area contributed by atoms with Crippen molar-refractivity contribution < 1.29 is 19.4 Å². The molecule has 7 nitrogen and oxygen atoms in total. The first kappa shape index (κ1) is 16.2. The predicted octanol–water partition coefficient (Wildman–Crippen LogP) is 1.38. The fourth-order valence-corrected chi connectivity index (χ4v) is 2.94. The third-order valence-corrected chi connectivity index (χ3v) is 3.98. The van der Waals surface area contributed by atoms with Gasteiger partial charge >= 0.3 is 5.97 Å². The highest BCUT2D eigenvalue weighted by Crippen LogP contribution is 2.22. The van der Waals surface area contributed by atoms with Crippen molar-refractivity contribution in [3.05, 3.63) is 34.6 Å². The molecule has 0 fully saturated rings. The summed E-state index contributed by atoms with van der Waals surface area (Å²) in [5.41, 5.74) is 2.00. The summed E-state index contributed by atoms with van der Waals surface area (Å²) >= 11 is 1.46. The summed E-state index contributed by atoms with van der Waals surface area (Å²) < 4.78 is 6.68. The fourth-order valence-electron chi connectivity index (χ4n) is 2.19. The molecule has 0 saturated heterocycles. The van der Waals surface area contributed by atoms with E-state index < -0.39 is 17.9 Å². The molecule has 2 heterocycles. The summed E-state index contributed by atoms with van der Waals surface area (Å²) in [5.74, 6) is -1.58. The van der Waals surface area contributed by atoms with Gasteiger partial charge in [0.15, 0.2) is 11.2 Å². The molecule has 0 aliphatic carbocycles. The third kappa shape index (κ3) is 3.18. The maximum atomic E-state index is 12.3. The van der Waals surface area contributed by atoms with Crippen molar-refractivity contribution in [1.29, 1.82) is 0 Å². The normalized spacial score (nSPS) is 12.1. The lowest BCUT2D eigenvalue weighted by molar-refractivity contribution is -0.140. The van der Waals surface area contributed by atoms with Gasteiger partial charge in [0.1, 0.15) is 0 Å². The molecule has 1 atom stereocenters. The number of aromatic nitrogens is 2. The number of rotatable bonds is 6. The Kier molecular flexibility index (Phi) is 4.94. The number of thiazole rings is 1. The topological polar surface area (TPSA) is 93.5 Å². The number of amides is 1. The van der Waals surface area contributed by atoms with Crippen LogP contribution in [0.4, 0.5) is 0 Å². The minimum atomic E-state index is -1.14. The molecule has 0 aliphatic rings. The first-order valence-corrected chi connectivity index (χ1v) is 7.45. The number of carbonyl (C=O) groups is 2. The van der Waals surface area contributed by atoms with Crippen LogP contribution in [0.3, 0.4) is 0 Å². The lowest BCUT2D eigenvalue weighted by Gasteiger charge is -2.13. The Morgan fingerprint density at radius 1 is 1.50 bits per heavy atom. The van der Waals surface area contributed by atoms with Crippen LogP contribution in [0.5, 0.6) is 0 Å². The molecule has 2 N–H and O–H groups in total. The molecule has 2 rings (SSSR count). The van der Waals surface area contributed by atoms with E-state index >= 15 is 0 Å². The first-order valence-electron chi connectivity index (χ1n) is 6.57. The molecule has 1 amide bonds. The zero-order valence-corrected chi connectivity index (χ0v) is 13.3. The highest BCUT2D eigenvalue weighted by molar-refractivity contribution is 7.12. The fraction of sp³-hybridized carbons (Fsp3) is 0.357. The molecule has 0 bridgehead atoms. The molecule has 0 saturated carbocycles. The van der Waals surface area contributed by atoms with Crippen LogP contribution in [-0.2, 0) is 9.53 Å². The van der Waals surface area contributed by atoms with Gasteiger partial charge in [-0.25, -0.2) is 9.78 Å². The summed E-state index contributed by atoms with van der Waals surface area (Å²) in [6, 6.07) is 0.637. The van der Waals surface area contributed by atoms with Gasteiger partial charge in [0.05, 0.1) is 12.2 Å².